The van der Waals surface area contributed by atoms with Gasteiger partial charge in [0.15, 0.2) is 0 Å². The van der Waals surface area contributed by atoms with Crippen molar-refractivity contribution in [3.63, 3.8) is 0 Å². The van der Waals surface area contributed by atoms with E-state index in [2.05, 4.69) is 10.3 Å². The maximum Gasteiger partial charge on any atom is 0.277 e. The minimum absolute atomic E-state index is 0.0328. The summed E-state index contributed by atoms with van der Waals surface area (Å²) in [6.45, 7) is 5.71. The molecule has 0 aliphatic carbocycles. The molecule has 1 atom stereocenters. The van der Waals surface area contributed by atoms with Crippen molar-refractivity contribution in [1.82, 2.24) is 4.98 Å². The molecule has 0 spiro atoms. The Bertz CT molecular complexity index is 624. The fraction of sp³-hybridized carbons (Fsp3) is 0.267. The molecule has 1 heterocycles. The number of nitro groups is 1. The standard InChI is InChI=1S/C15H17N3O2/c1-10-4-6-13(7-5-10)12(3)17-15-8-14(18(19)20)11(2)9-16-15/h4-9,12H,1-3H3,(H,16,17). The van der Waals surface area contributed by atoms with E-state index in [1.807, 2.05) is 38.1 Å². The first-order chi connectivity index (χ1) is 9.47. The van der Waals surface area contributed by atoms with Crippen LogP contribution < -0.4 is 5.32 Å². The molecule has 104 valence electrons. The van der Waals surface area contributed by atoms with E-state index in [1.165, 1.54) is 17.8 Å². The number of hydrogen-bond donors (Lipinski definition) is 1. The van der Waals surface area contributed by atoms with Gasteiger partial charge in [0, 0.05) is 17.8 Å². The van der Waals surface area contributed by atoms with Gasteiger partial charge < -0.3 is 5.32 Å². The number of pyridine rings is 1. The molecule has 0 amide bonds. The van der Waals surface area contributed by atoms with E-state index in [1.54, 1.807) is 6.92 Å². The molecule has 20 heavy (non-hydrogen) atoms. The number of benzene rings is 1. The van der Waals surface area contributed by atoms with E-state index in [-0.39, 0.29) is 11.7 Å². The van der Waals surface area contributed by atoms with Gasteiger partial charge in [-0.05, 0) is 26.3 Å². The molecule has 0 radical (unpaired) electrons. The molecule has 0 aliphatic heterocycles. The van der Waals surface area contributed by atoms with E-state index < -0.39 is 4.92 Å². The zero-order chi connectivity index (χ0) is 14.7. The average molecular weight is 271 g/mol. The molecular weight excluding hydrogens is 254 g/mol. The van der Waals surface area contributed by atoms with Crippen LogP contribution in [0.1, 0.15) is 29.7 Å². The number of nitrogens with zero attached hydrogens (tertiary/aromatic N) is 2. The predicted octanol–water partition coefficient (Wildman–Crippen LogP) is 3.78. The second-order valence-electron chi connectivity index (χ2n) is 4.89. The van der Waals surface area contributed by atoms with Crippen LogP contribution in [0.15, 0.2) is 36.5 Å². The number of hydrogen-bond acceptors (Lipinski definition) is 4. The van der Waals surface area contributed by atoms with Crippen LogP contribution in [0.4, 0.5) is 11.5 Å². The molecule has 0 bridgehead atoms. The quantitative estimate of drug-likeness (QED) is 0.678. The van der Waals surface area contributed by atoms with Crippen molar-refractivity contribution in [2.75, 3.05) is 5.32 Å². The van der Waals surface area contributed by atoms with Gasteiger partial charge in [0.1, 0.15) is 5.82 Å². The highest BCUT2D eigenvalue weighted by atomic mass is 16.6. The van der Waals surface area contributed by atoms with Crippen molar-refractivity contribution in [2.45, 2.75) is 26.8 Å². The van der Waals surface area contributed by atoms with Crippen LogP contribution >= 0.6 is 0 Å². The summed E-state index contributed by atoms with van der Waals surface area (Å²) in [7, 11) is 0. The van der Waals surface area contributed by atoms with Crippen LogP contribution in [-0.4, -0.2) is 9.91 Å². The number of nitrogens with one attached hydrogen (secondary N) is 1. The molecule has 2 aromatic rings. The third kappa shape index (κ3) is 3.12. The Morgan fingerprint density at radius 1 is 1.25 bits per heavy atom. The lowest BCUT2D eigenvalue weighted by atomic mass is 10.1. The third-order valence-electron chi connectivity index (χ3n) is 3.21. The molecule has 0 aliphatic rings. The maximum absolute atomic E-state index is 10.9. The Kier molecular flexibility index (Phi) is 3.98. The van der Waals surface area contributed by atoms with Gasteiger partial charge >= 0.3 is 0 Å². The van der Waals surface area contributed by atoms with Crippen molar-refractivity contribution >= 4 is 11.5 Å². The molecule has 2 rings (SSSR count). The Morgan fingerprint density at radius 2 is 1.90 bits per heavy atom. The minimum atomic E-state index is -0.390. The Hall–Kier alpha value is -2.43. The highest BCUT2D eigenvalue weighted by Gasteiger charge is 2.13. The summed E-state index contributed by atoms with van der Waals surface area (Å²) in [6, 6.07) is 9.66. The number of rotatable bonds is 4. The Morgan fingerprint density at radius 3 is 2.50 bits per heavy atom. The van der Waals surface area contributed by atoms with Crippen molar-refractivity contribution in [1.29, 1.82) is 0 Å². The van der Waals surface area contributed by atoms with E-state index in [9.17, 15) is 10.1 Å². The lowest BCUT2D eigenvalue weighted by Crippen LogP contribution is -2.08. The SMILES string of the molecule is Cc1ccc(C(C)Nc2cc([N+](=O)[O-])c(C)cn2)cc1. The van der Waals surface area contributed by atoms with Crippen molar-refractivity contribution in [3.05, 3.63) is 63.3 Å². The van der Waals surface area contributed by atoms with E-state index >= 15 is 0 Å². The van der Waals surface area contributed by atoms with Gasteiger partial charge in [-0.25, -0.2) is 4.98 Å². The fourth-order valence-corrected chi connectivity index (χ4v) is 1.95. The van der Waals surface area contributed by atoms with Gasteiger partial charge in [0.05, 0.1) is 11.0 Å². The number of aryl methyl sites for hydroxylation is 2. The summed E-state index contributed by atoms with van der Waals surface area (Å²) < 4.78 is 0. The first-order valence-corrected chi connectivity index (χ1v) is 6.41. The molecule has 5 nitrogen and oxygen atoms in total. The van der Waals surface area contributed by atoms with Crippen LogP contribution in [0, 0.1) is 24.0 Å². The van der Waals surface area contributed by atoms with Crippen molar-refractivity contribution in [3.8, 4) is 0 Å². The van der Waals surface area contributed by atoms with Crippen molar-refractivity contribution < 1.29 is 4.92 Å². The Labute approximate surface area is 117 Å². The number of anilines is 1. The zero-order valence-electron chi connectivity index (χ0n) is 11.8. The second kappa shape index (κ2) is 5.69. The van der Waals surface area contributed by atoms with Crippen LogP contribution in [0.25, 0.3) is 0 Å². The Balaban J connectivity index is 2.19. The average Bonchev–Trinajstić information content (AvgIpc) is 2.41. The molecule has 0 saturated carbocycles. The minimum Gasteiger partial charge on any atom is -0.363 e. The molecule has 0 saturated heterocycles. The van der Waals surface area contributed by atoms with Gasteiger partial charge in [-0.3, -0.25) is 10.1 Å². The number of aromatic nitrogens is 1. The third-order valence-corrected chi connectivity index (χ3v) is 3.21. The normalized spacial score (nSPS) is 11.9. The van der Waals surface area contributed by atoms with Crippen molar-refractivity contribution in [2.24, 2.45) is 0 Å². The first-order valence-electron chi connectivity index (χ1n) is 6.41. The lowest BCUT2D eigenvalue weighted by Gasteiger charge is -2.15. The molecule has 1 N–H and O–H groups in total. The van der Waals surface area contributed by atoms with Crippen LogP contribution in [-0.2, 0) is 0 Å². The summed E-state index contributed by atoms with van der Waals surface area (Å²) in [6.07, 6.45) is 1.52. The van der Waals surface area contributed by atoms with Gasteiger partial charge in [-0.15, -0.1) is 0 Å². The summed E-state index contributed by atoms with van der Waals surface area (Å²) >= 11 is 0. The van der Waals surface area contributed by atoms with Gasteiger partial charge in [-0.1, -0.05) is 29.8 Å². The summed E-state index contributed by atoms with van der Waals surface area (Å²) in [4.78, 5) is 14.7. The predicted molar refractivity (Wildman–Crippen MR) is 78.8 cm³/mol. The maximum atomic E-state index is 10.9. The first kappa shape index (κ1) is 14.0. The zero-order valence-corrected chi connectivity index (χ0v) is 11.8. The molecule has 1 aromatic carbocycles. The molecule has 0 fully saturated rings. The topological polar surface area (TPSA) is 68.1 Å². The van der Waals surface area contributed by atoms with Crippen LogP contribution in [0.2, 0.25) is 0 Å². The van der Waals surface area contributed by atoms with E-state index in [4.69, 9.17) is 0 Å². The molecule has 1 aromatic heterocycles. The summed E-state index contributed by atoms with van der Waals surface area (Å²) in [5, 5.41) is 14.1. The summed E-state index contributed by atoms with van der Waals surface area (Å²) in [5.74, 6) is 0.510. The largest absolute Gasteiger partial charge is 0.363 e. The van der Waals surface area contributed by atoms with Crippen LogP contribution in [0.5, 0.6) is 0 Å². The lowest BCUT2D eigenvalue weighted by molar-refractivity contribution is -0.385. The molecule has 1 unspecified atom stereocenters. The van der Waals surface area contributed by atoms with Crippen LogP contribution in [0.3, 0.4) is 0 Å². The highest BCUT2D eigenvalue weighted by Crippen LogP contribution is 2.23. The van der Waals surface area contributed by atoms with E-state index in [0.717, 1.165) is 5.56 Å². The molecular formula is C15H17N3O2. The van der Waals surface area contributed by atoms with Gasteiger partial charge in [0.25, 0.3) is 5.69 Å². The monoisotopic (exact) mass is 271 g/mol. The molecule has 5 heteroatoms. The summed E-state index contributed by atoms with van der Waals surface area (Å²) in [5.41, 5.74) is 2.95. The van der Waals surface area contributed by atoms with Gasteiger partial charge in [0.2, 0.25) is 0 Å². The smallest absolute Gasteiger partial charge is 0.277 e. The fourth-order valence-electron chi connectivity index (χ4n) is 1.95. The van der Waals surface area contributed by atoms with Gasteiger partial charge in [-0.2, -0.15) is 0 Å². The van der Waals surface area contributed by atoms with E-state index in [0.29, 0.717) is 11.4 Å². The second-order valence-corrected chi connectivity index (χ2v) is 4.89. The highest BCUT2D eigenvalue weighted by molar-refractivity contribution is 5.50.